The molecule has 1 saturated heterocycles. The van der Waals surface area contributed by atoms with Gasteiger partial charge < -0.3 is 20.8 Å². The number of sulfonamides is 2. The highest BCUT2D eigenvalue weighted by Crippen LogP contribution is 2.39. The normalized spacial score (nSPS) is 17.1. The number of aromatic nitrogens is 4. The predicted octanol–water partition coefficient (Wildman–Crippen LogP) is -2.93. The lowest BCUT2D eigenvalue weighted by Crippen LogP contribution is -2.38. The van der Waals surface area contributed by atoms with Crippen molar-refractivity contribution in [3.8, 4) is 11.4 Å². The molecule has 0 aliphatic carbocycles. The summed E-state index contributed by atoms with van der Waals surface area (Å²) in [6.45, 7) is 0.164. The van der Waals surface area contributed by atoms with Gasteiger partial charge in [-0.15, -0.1) is 10.2 Å². The molecule has 1 fully saturated rings. The average Bonchev–Trinajstić information content (AvgIpc) is 3.25. The van der Waals surface area contributed by atoms with Crippen LogP contribution in [0.25, 0.3) is 11.4 Å². The number of tetrazole rings is 1. The third-order valence-electron chi connectivity index (χ3n) is 4.83. The maximum Gasteiger partial charge on any atom is 0.242 e. The van der Waals surface area contributed by atoms with E-state index in [1.807, 2.05) is 0 Å². The van der Waals surface area contributed by atoms with E-state index in [-0.39, 0.29) is 17.9 Å². The van der Waals surface area contributed by atoms with Crippen molar-refractivity contribution < 1.29 is 27.0 Å². The highest BCUT2D eigenvalue weighted by atomic mass is 32.2. The monoisotopic (exact) mass is 476 g/mol. The van der Waals surface area contributed by atoms with Gasteiger partial charge in [0.05, 0.1) is 17.8 Å². The maximum atomic E-state index is 12.9. The second-order valence-corrected chi connectivity index (χ2v) is 10.3. The Bertz CT molecular complexity index is 1110. The van der Waals surface area contributed by atoms with Crippen LogP contribution in [-0.4, -0.2) is 86.1 Å². The lowest BCUT2D eigenvalue weighted by atomic mass is 10.0. The fourth-order valence-corrected chi connectivity index (χ4v) is 5.94. The fourth-order valence-electron chi connectivity index (χ4n) is 3.27. The average molecular weight is 477 g/mol. The van der Waals surface area contributed by atoms with Gasteiger partial charge in [0, 0.05) is 31.9 Å². The van der Waals surface area contributed by atoms with Crippen molar-refractivity contribution in [2.45, 2.75) is 34.8 Å². The molecule has 0 amide bonds. The fraction of sp³-hybridized carbons (Fsp3) is 0.533. The second-order valence-electron chi connectivity index (χ2n) is 7.03. The van der Waals surface area contributed by atoms with E-state index in [1.54, 1.807) is 4.90 Å². The number of aliphatic hydroxyl groups excluding tert-OH is 2. The van der Waals surface area contributed by atoms with Crippen LogP contribution in [0.2, 0.25) is 0 Å². The standard InChI is InChI=1S/C15H24N8O6S2/c16-7-10(25)8-18-31(28,29)12-2-1-11(23-5-3-9(24)4-6-23)13(14(12)30(17,26)27)15-19-21-22-20-15/h1-2,9-10,18,24-25H,3-8,16H2,(H2,17,26,27)(H,19,20,21,22)/t10-/m1/s1. The van der Waals surface area contributed by atoms with Crippen molar-refractivity contribution in [1.29, 1.82) is 0 Å². The Morgan fingerprint density at radius 2 is 1.94 bits per heavy atom. The first-order chi connectivity index (χ1) is 14.5. The van der Waals surface area contributed by atoms with Crippen molar-refractivity contribution in [2.24, 2.45) is 10.9 Å². The van der Waals surface area contributed by atoms with E-state index >= 15 is 0 Å². The third kappa shape index (κ3) is 5.17. The quantitative estimate of drug-likeness (QED) is 0.226. The van der Waals surface area contributed by atoms with Crippen LogP contribution in [0.1, 0.15) is 12.8 Å². The number of hydrogen-bond acceptors (Lipinski definition) is 11. The minimum atomic E-state index is -4.59. The maximum absolute atomic E-state index is 12.9. The molecule has 0 bridgehead atoms. The molecule has 1 aromatic carbocycles. The summed E-state index contributed by atoms with van der Waals surface area (Å²) in [5.74, 6) is -0.163. The molecule has 0 saturated carbocycles. The zero-order valence-corrected chi connectivity index (χ0v) is 18.0. The zero-order valence-electron chi connectivity index (χ0n) is 16.3. The smallest absolute Gasteiger partial charge is 0.242 e. The number of anilines is 1. The summed E-state index contributed by atoms with van der Waals surface area (Å²) in [5, 5.41) is 38.1. The van der Waals surface area contributed by atoms with Gasteiger partial charge in [0.15, 0.2) is 0 Å². The molecule has 1 aliphatic rings. The number of aliphatic hydroxyl groups is 2. The van der Waals surface area contributed by atoms with Gasteiger partial charge >= 0.3 is 0 Å². The molecule has 1 atom stereocenters. The lowest BCUT2D eigenvalue weighted by molar-refractivity contribution is 0.145. The Hall–Kier alpha value is -2.21. The first-order valence-electron chi connectivity index (χ1n) is 9.29. The van der Waals surface area contributed by atoms with Crippen LogP contribution >= 0.6 is 0 Å². The molecule has 1 aromatic heterocycles. The number of H-pyrrole nitrogens is 1. The topological polar surface area (TPSA) is 231 Å². The highest BCUT2D eigenvalue weighted by molar-refractivity contribution is 7.92. The Morgan fingerprint density at radius 3 is 2.48 bits per heavy atom. The minimum absolute atomic E-state index is 0.130. The summed E-state index contributed by atoms with van der Waals surface area (Å²) in [7, 11) is -9.01. The van der Waals surface area contributed by atoms with Crippen LogP contribution in [-0.2, 0) is 20.0 Å². The molecule has 172 valence electrons. The van der Waals surface area contributed by atoms with E-state index in [4.69, 9.17) is 10.9 Å². The van der Waals surface area contributed by atoms with Gasteiger partial charge in [0.2, 0.25) is 25.9 Å². The molecule has 2 aromatic rings. The molecule has 3 rings (SSSR count). The number of benzene rings is 1. The number of aromatic amines is 1. The lowest BCUT2D eigenvalue weighted by Gasteiger charge is -2.33. The summed E-state index contributed by atoms with van der Waals surface area (Å²) in [5.41, 5.74) is 5.49. The molecule has 2 heterocycles. The van der Waals surface area contributed by atoms with E-state index in [2.05, 4.69) is 25.3 Å². The van der Waals surface area contributed by atoms with E-state index < -0.39 is 48.6 Å². The van der Waals surface area contributed by atoms with Gasteiger partial charge in [-0.2, -0.15) is 5.21 Å². The van der Waals surface area contributed by atoms with Crippen molar-refractivity contribution in [3.63, 3.8) is 0 Å². The molecular weight excluding hydrogens is 452 g/mol. The summed E-state index contributed by atoms with van der Waals surface area (Å²) in [6, 6.07) is 2.53. The van der Waals surface area contributed by atoms with Crippen LogP contribution in [0.15, 0.2) is 21.9 Å². The van der Waals surface area contributed by atoms with Crippen molar-refractivity contribution >= 4 is 25.7 Å². The van der Waals surface area contributed by atoms with Crippen LogP contribution in [0.5, 0.6) is 0 Å². The molecule has 0 unspecified atom stereocenters. The molecule has 16 heteroatoms. The molecule has 0 radical (unpaired) electrons. The number of rotatable bonds is 8. The van der Waals surface area contributed by atoms with Crippen LogP contribution in [0, 0.1) is 0 Å². The Morgan fingerprint density at radius 1 is 1.26 bits per heavy atom. The summed E-state index contributed by atoms with van der Waals surface area (Å²) in [6.07, 6.45) is -0.770. The van der Waals surface area contributed by atoms with Crippen molar-refractivity contribution in [1.82, 2.24) is 25.3 Å². The number of primary sulfonamides is 1. The Kier molecular flexibility index (Phi) is 6.89. The number of nitrogens with two attached hydrogens (primary N) is 2. The molecular formula is C15H24N8O6S2. The zero-order chi connectivity index (χ0) is 22.8. The summed E-state index contributed by atoms with van der Waals surface area (Å²) >= 11 is 0. The van der Waals surface area contributed by atoms with Gasteiger partial charge in [-0.1, -0.05) is 0 Å². The van der Waals surface area contributed by atoms with E-state index in [9.17, 15) is 27.0 Å². The Labute approximate surface area is 178 Å². The predicted molar refractivity (Wildman–Crippen MR) is 109 cm³/mol. The number of nitrogens with one attached hydrogen (secondary N) is 2. The minimum Gasteiger partial charge on any atom is -0.393 e. The molecule has 1 aliphatic heterocycles. The van der Waals surface area contributed by atoms with Gasteiger partial charge in [-0.25, -0.2) is 26.7 Å². The second kappa shape index (κ2) is 9.11. The molecule has 14 nitrogen and oxygen atoms in total. The largest absolute Gasteiger partial charge is 0.393 e. The van der Waals surface area contributed by atoms with Gasteiger partial charge in [0.25, 0.3) is 0 Å². The van der Waals surface area contributed by atoms with Crippen molar-refractivity contribution in [3.05, 3.63) is 12.1 Å². The number of piperidine rings is 1. The first kappa shape index (κ1) is 23.5. The SMILES string of the molecule is NC[C@@H](O)CNS(=O)(=O)c1ccc(N2CCC(O)CC2)c(-c2nn[nH]n2)c1S(N)(=O)=O. The van der Waals surface area contributed by atoms with Crippen LogP contribution in [0.4, 0.5) is 5.69 Å². The van der Waals surface area contributed by atoms with Crippen LogP contribution < -0.4 is 20.5 Å². The van der Waals surface area contributed by atoms with E-state index in [0.29, 0.717) is 31.6 Å². The Balaban J connectivity index is 2.21. The highest BCUT2D eigenvalue weighted by Gasteiger charge is 2.33. The number of hydrogen-bond donors (Lipinski definition) is 6. The van der Waals surface area contributed by atoms with Gasteiger partial charge in [-0.3, -0.25) is 0 Å². The first-order valence-corrected chi connectivity index (χ1v) is 12.3. The molecule has 31 heavy (non-hydrogen) atoms. The summed E-state index contributed by atoms with van der Waals surface area (Å²) in [4.78, 5) is 0.460. The van der Waals surface area contributed by atoms with Crippen molar-refractivity contribution in [2.75, 3.05) is 31.1 Å². The van der Waals surface area contributed by atoms with Crippen LogP contribution in [0.3, 0.4) is 0 Å². The third-order valence-corrected chi connectivity index (χ3v) is 7.42. The number of nitrogens with zero attached hydrogens (tertiary/aromatic N) is 4. The molecule has 0 spiro atoms. The van der Waals surface area contributed by atoms with E-state index in [0.717, 1.165) is 6.07 Å². The van der Waals surface area contributed by atoms with Gasteiger partial charge in [0.1, 0.15) is 9.79 Å². The summed E-state index contributed by atoms with van der Waals surface area (Å²) < 4.78 is 53.0. The van der Waals surface area contributed by atoms with Gasteiger partial charge in [-0.05, 0) is 30.2 Å². The van der Waals surface area contributed by atoms with E-state index in [1.165, 1.54) is 6.07 Å². The molecule has 8 N–H and O–H groups in total.